The molecule has 1 N–H and O–H groups in total. The van der Waals surface area contributed by atoms with Gasteiger partial charge in [-0.3, -0.25) is 0 Å². The van der Waals surface area contributed by atoms with Crippen LogP contribution in [0.3, 0.4) is 0 Å². The topological polar surface area (TPSA) is 54.4 Å². The average Bonchev–Trinajstić information content (AvgIpc) is 2.05. The Morgan fingerprint density at radius 2 is 1.73 bits per heavy atom. The van der Waals surface area contributed by atoms with Crippen LogP contribution in [0.5, 0.6) is 0 Å². The SMILES string of the molecule is O=S(=O)=C(O)c1ccccc1. The molecule has 1 aromatic rings. The van der Waals surface area contributed by atoms with Crippen molar-refractivity contribution in [2.75, 3.05) is 0 Å². The molecule has 0 saturated carbocycles. The predicted molar refractivity (Wildman–Crippen MR) is 42.1 cm³/mol. The summed E-state index contributed by atoms with van der Waals surface area (Å²) < 4.78 is 20.4. The summed E-state index contributed by atoms with van der Waals surface area (Å²) in [7, 11) is -2.54. The molecule has 0 bridgehead atoms. The highest BCUT2D eigenvalue weighted by Gasteiger charge is 1.97. The van der Waals surface area contributed by atoms with Gasteiger partial charge in [-0.05, 0) is 0 Å². The Labute approximate surface area is 65.5 Å². The van der Waals surface area contributed by atoms with Gasteiger partial charge in [-0.2, -0.15) is 8.42 Å². The van der Waals surface area contributed by atoms with Crippen molar-refractivity contribution < 1.29 is 13.5 Å². The molecule has 1 rings (SSSR count). The van der Waals surface area contributed by atoms with E-state index >= 15 is 0 Å². The fraction of sp³-hybridized carbons (Fsp3) is 0. The van der Waals surface area contributed by atoms with Crippen LogP contribution < -0.4 is 0 Å². The Morgan fingerprint density at radius 1 is 1.18 bits per heavy atom. The molecule has 11 heavy (non-hydrogen) atoms. The molecule has 58 valence electrons. The molecular weight excluding hydrogens is 164 g/mol. The van der Waals surface area contributed by atoms with Crippen molar-refractivity contribution in [3.8, 4) is 0 Å². The Morgan fingerprint density at radius 3 is 2.18 bits per heavy atom. The van der Waals surface area contributed by atoms with E-state index in [1.54, 1.807) is 18.2 Å². The first-order valence-corrected chi connectivity index (χ1v) is 4.00. The molecule has 0 saturated heterocycles. The quantitative estimate of drug-likeness (QED) is 0.628. The molecule has 0 aliphatic rings. The van der Waals surface area contributed by atoms with Crippen molar-refractivity contribution in [3.63, 3.8) is 0 Å². The predicted octanol–water partition coefficient (Wildman–Crippen LogP) is 0.602. The third kappa shape index (κ3) is 1.89. The van der Waals surface area contributed by atoms with Gasteiger partial charge in [0.25, 0.3) is 0 Å². The molecule has 0 aliphatic carbocycles. The molecule has 0 fully saturated rings. The zero-order valence-corrected chi connectivity index (χ0v) is 6.38. The van der Waals surface area contributed by atoms with E-state index in [4.69, 9.17) is 5.11 Å². The van der Waals surface area contributed by atoms with Crippen LogP contribution in [-0.4, -0.2) is 18.6 Å². The smallest absolute Gasteiger partial charge is 0.245 e. The molecule has 0 unspecified atom stereocenters. The summed E-state index contributed by atoms with van der Waals surface area (Å²) in [5.41, 5.74) is 0.306. The van der Waals surface area contributed by atoms with Crippen LogP contribution in [0.4, 0.5) is 0 Å². The highest BCUT2D eigenvalue weighted by Crippen LogP contribution is 1.96. The molecule has 0 radical (unpaired) electrons. The van der Waals surface area contributed by atoms with E-state index < -0.39 is 15.3 Å². The first-order valence-electron chi connectivity index (χ1n) is 2.92. The van der Waals surface area contributed by atoms with Crippen LogP contribution in [0.15, 0.2) is 30.3 Å². The molecule has 0 heterocycles. The van der Waals surface area contributed by atoms with Gasteiger partial charge >= 0.3 is 0 Å². The van der Waals surface area contributed by atoms with E-state index in [-0.39, 0.29) is 0 Å². The maximum atomic E-state index is 10.2. The third-order valence-electron chi connectivity index (χ3n) is 1.18. The summed E-state index contributed by atoms with van der Waals surface area (Å²) in [6.07, 6.45) is 0. The Hall–Kier alpha value is -1.13. The standard InChI is InChI=1S/C7H6O3S/c8-7(11(9)10)6-4-2-1-3-5-6/h1-5,8H. The fourth-order valence-corrected chi connectivity index (χ4v) is 1.01. The zero-order valence-electron chi connectivity index (χ0n) is 5.56. The van der Waals surface area contributed by atoms with Gasteiger partial charge in [0.2, 0.25) is 15.3 Å². The summed E-state index contributed by atoms with van der Waals surface area (Å²) in [4.78, 5) is 0. The second kappa shape index (κ2) is 3.32. The first kappa shape index (κ1) is 7.97. The van der Waals surface area contributed by atoms with Gasteiger partial charge in [0.1, 0.15) is 0 Å². The Bertz CT molecular complexity index is 356. The van der Waals surface area contributed by atoms with E-state index in [0.29, 0.717) is 5.56 Å². The third-order valence-corrected chi connectivity index (χ3v) is 1.73. The maximum Gasteiger partial charge on any atom is 0.245 e. The number of rotatable bonds is 1. The maximum absolute atomic E-state index is 10.2. The number of hydrogen-bond donors (Lipinski definition) is 1. The van der Waals surface area contributed by atoms with Crippen molar-refractivity contribution in [1.29, 1.82) is 0 Å². The molecule has 0 aliphatic heterocycles. The second-order valence-electron chi connectivity index (χ2n) is 1.91. The number of hydrogen-bond acceptors (Lipinski definition) is 2. The van der Waals surface area contributed by atoms with Crippen molar-refractivity contribution in [1.82, 2.24) is 0 Å². The lowest BCUT2D eigenvalue weighted by Gasteiger charge is -1.91. The van der Waals surface area contributed by atoms with E-state index in [0.717, 1.165) is 0 Å². The largest absolute Gasteiger partial charge is 0.347 e. The summed E-state index contributed by atoms with van der Waals surface area (Å²) in [5.74, 6) is 0. The van der Waals surface area contributed by atoms with Crippen LogP contribution in [0, 0.1) is 0 Å². The summed E-state index contributed by atoms with van der Waals surface area (Å²) in [5, 5.41) is 8.28. The monoisotopic (exact) mass is 170 g/mol. The van der Waals surface area contributed by atoms with Gasteiger partial charge in [0, 0.05) is 5.56 Å². The highest BCUT2D eigenvalue weighted by molar-refractivity contribution is 7.73. The van der Waals surface area contributed by atoms with Crippen LogP contribution in [0.2, 0.25) is 0 Å². The highest BCUT2D eigenvalue weighted by atomic mass is 32.2. The van der Waals surface area contributed by atoms with Gasteiger partial charge in [-0.1, -0.05) is 30.3 Å². The van der Waals surface area contributed by atoms with E-state index in [9.17, 15) is 8.42 Å². The van der Waals surface area contributed by atoms with Gasteiger partial charge in [-0.15, -0.1) is 0 Å². The van der Waals surface area contributed by atoms with Gasteiger partial charge in [-0.25, -0.2) is 0 Å². The molecule has 0 atom stereocenters. The summed E-state index contributed by atoms with van der Waals surface area (Å²) >= 11 is 0. The van der Waals surface area contributed by atoms with E-state index in [1.807, 2.05) is 0 Å². The van der Waals surface area contributed by atoms with Crippen LogP contribution in [0.25, 0.3) is 0 Å². The van der Waals surface area contributed by atoms with Crippen LogP contribution >= 0.6 is 0 Å². The average molecular weight is 170 g/mol. The molecule has 0 spiro atoms. The second-order valence-corrected chi connectivity index (χ2v) is 2.76. The molecule has 3 nitrogen and oxygen atoms in total. The van der Waals surface area contributed by atoms with Crippen LogP contribution in [0.1, 0.15) is 5.56 Å². The first-order chi connectivity index (χ1) is 5.22. The van der Waals surface area contributed by atoms with E-state index in [1.165, 1.54) is 12.1 Å². The van der Waals surface area contributed by atoms with Gasteiger partial charge in [0.05, 0.1) is 0 Å². The van der Waals surface area contributed by atoms with Crippen molar-refractivity contribution in [2.45, 2.75) is 0 Å². The minimum absolute atomic E-state index is 0.306. The zero-order chi connectivity index (χ0) is 8.27. The van der Waals surface area contributed by atoms with Crippen molar-refractivity contribution in [3.05, 3.63) is 35.9 Å². The lowest BCUT2D eigenvalue weighted by atomic mass is 10.2. The minimum Gasteiger partial charge on any atom is -0.347 e. The number of benzene rings is 1. The molecule has 1 aromatic carbocycles. The molecule has 0 aromatic heterocycles. The fourth-order valence-electron chi connectivity index (χ4n) is 0.677. The Kier molecular flexibility index (Phi) is 2.40. The van der Waals surface area contributed by atoms with Gasteiger partial charge in [0.15, 0.2) is 0 Å². The Balaban J connectivity index is 3.26. The molecular formula is C7H6O3S. The summed E-state index contributed by atoms with van der Waals surface area (Å²) in [6.45, 7) is 0. The number of aliphatic hydroxyl groups is 1. The summed E-state index contributed by atoms with van der Waals surface area (Å²) in [6, 6.07) is 8.08. The normalized spacial score (nSPS) is 9.18. The van der Waals surface area contributed by atoms with E-state index in [2.05, 4.69) is 0 Å². The molecule has 0 amide bonds. The van der Waals surface area contributed by atoms with Gasteiger partial charge < -0.3 is 5.11 Å². The number of aliphatic hydroxyl groups excluding tert-OH is 1. The van der Waals surface area contributed by atoms with Crippen LogP contribution in [-0.2, 0) is 10.3 Å². The minimum atomic E-state index is -2.54. The van der Waals surface area contributed by atoms with Crippen molar-refractivity contribution >= 4 is 15.3 Å². The van der Waals surface area contributed by atoms with Crippen molar-refractivity contribution in [2.24, 2.45) is 0 Å². The lowest BCUT2D eigenvalue weighted by molar-refractivity contribution is 0.561. The lowest BCUT2D eigenvalue weighted by Crippen LogP contribution is -1.98. The molecule has 4 heteroatoms.